The number of thioether (sulfide) groups is 1. The van der Waals surface area contributed by atoms with Crippen LogP contribution in [0.2, 0.25) is 0 Å². The van der Waals surface area contributed by atoms with Crippen LogP contribution in [0, 0.1) is 12.8 Å². The quantitative estimate of drug-likeness (QED) is 0.335. The molecule has 1 atom stereocenters. The highest BCUT2D eigenvalue weighted by Crippen LogP contribution is 2.50. The maximum atomic E-state index is 12.9. The highest BCUT2D eigenvalue weighted by Gasteiger charge is 2.56. The summed E-state index contributed by atoms with van der Waals surface area (Å²) in [6.07, 6.45) is 7.34. The first-order valence-corrected chi connectivity index (χ1v) is 10.1. The number of aliphatic imine (C=N–C) groups is 1. The third kappa shape index (κ3) is 5.76. The number of halogens is 2. The molecule has 1 amide bonds. The van der Waals surface area contributed by atoms with Gasteiger partial charge in [0, 0.05) is 48.7 Å². The number of carbonyl (C=O) groups is 1. The van der Waals surface area contributed by atoms with Crippen LogP contribution in [0.15, 0.2) is 29.5 Å². The average molecular weight is 397 g/mol. The molecule has 0 saturated heterocycles. The van der Waals surface area contributed by atoms with E-state index in [-0.39, 0.29) is 12.3 Å². The molecule has 8 heteroatoms. The van der Waals surface area contributed by atoms with Crippen molar-refractivity contribution in [3.63, 3.8) is 0 Å². The number of hydrogen-bond acceptors (Lipinski definition) is 4. The summed E-state index contributed by atoms with van der Waals surface area (Å²) >= 11 is 1.42. The number of allylic oxidation sites excluding steroid dienone is 3. The first kappa shape index (κ1) is 21.3. The standard InChI is InChI=1S/C19H26F2N4OS/c1-5-24(18(26)8-10-27-13-16-11-19(16,20)21)17-12-25(23-15(17)3)14(2)7-6-9-22-4/h6-7,9,12,16H,4-5,8,10-11,13H2,1-3H3/b9-6-,14-7+. The van der Waals surface area contributed by atoms with E-state index < -0.39 is 11.8 Å². The van der Waals surface area contributed by atoms with Crippen molar-refractivity contribution in [1.29, 1.82) is 0 Å². The number of hydrogen-bond donors (Lipinski definition) is 0. The van der Waals surface area contributed by atoms with Crippen molar-refractivity contribution >= 4 is 35.8 Å². The van der Waals surface area contributed by atoms with Crippen molar-refractivity contribution in [2.45, 2.75) is 39.5 Å². The monoisotopic (exact) mass is 396 g/mol. The fraction of sp³-hybridized carbons (Fsp3) is 0.526. The van der Waals surface area contributed by atoms with Gasteiger partial charge in [0.25, 0.3) is 5.92 Å². The summed E-state index contributed by atoms with van der Waals surface area (Å²) in [7, 11) is 0. The van der Waals surface area contributed by atoms with Crippen LogP contribution in [0.5, 0.6) is 0 Å². The highest BCUT2D eigenvalue weighted by atomic mass is 32.2. The van der Waals surface area contributed by atoms with Crippen LogP contribution in [0.3, 0.4) is 0 Å². The zero-order valence-corrected chi connectivity index (χ0v) is 16.8. The second-order valence-corrected chi connectivity index (χ2v) is 7.65. The van der Waals surface area contributed by atoms with Crippen molar-refractivity contribution in [3.8, 4) is 0 Å². The summed E-state index contributed by atoms with van der Waals surface area (Å²) in [5.41, 5.74) is 2.41. The molecule has 1 heterocycles. The van der Waals surface area contributed by atoms with Crippen molar-refractivity contribution in [2.24, 2.45) is 10.9 Å². The van der Waals surface area contributed by atoms with Gasteiger partial charge in [0.15, 0.2) is 0 Å². The number of nitrogens with zero attached hydrogens (tertiary/aromatic N) is 4. The smallest absolute Gasteiger partial charge is 0.252 e. The van der Waals surface area contributed by atoms with Gasteiger partial charge in [-0.15, -0.1) is 0 Å². The molecule has 0 spiro atoms. The lowest BCUT2D eigenvalue weighted by molar-refractivity contribution is -0.118. The summed E-state index contributed by atoms with van der Waals surface area (Å²) < 4.78 is 27.5. The zero-order valence-electron chi connectivity index (χ0n) is 16.0. The minimum atomic E-state index is -2.49. The maximum Gasteiger partial charge on any atom is 0.252 e. The van der Waals surface area contributed by atoms with Gasteiger partial charge in [0.2, 0.25) is 5.91 Å². The van der Waals surface area contributed by atoms with Crippen molar-refractivity contribution in [3.05, 3.63) is 30.2 Å². The minimum absolute atomic E-state index is 0.0155. The fourth-order valence-corrected chi connectivity index (χ4v) is 3.80. The molecule has 0 aliphatic heterocycles. The summed E-state index contributed by atoms with van der Waals surface area (Å²) in [4.78, 5) is 17.9. The van der Waals surface area contributed by atoms with Crippen LogP contribution in [-0.2, 0) is 4.79 Å². The van der Waals surface area contributed by atoms with E-state index >= 15 is 0 Å². The van der Waals surface area contributed by atoms with Gasteiger partial charge >= 0.3 is 0 Å². The Labute approximate surface area is 163 Å². The number of amides is 1. The van der Waals surface area contributed by atoms with E-state index in [0.717, 1.165) is 17.1 Å². The Morgan fingerprint density at radius 1 is 1.59 bits per heavy atom. The SMILES string of the molecule is C=N/C=C\C=C(/C)n1cc(N(CC)C(=O)CCSCC2CC2(F)F)c(C)n1. The third-order valence-corrected chi connectivity index (χ3v) is 5.54. The van der Waals surface area contributed by atoms with Gasteiger partial charge < -0.3 is 4.90 Å². The third-order valence-electron chi connectivity index (χ3n) is 4.41. The lowest BCUT2D eigenvalue weighted by Gasteiger charge is -2.20. The molecule has 1 saturated carbocycles. The Morgan fingerprint density at radius 2 is 2.30 bits per heavy atom. The van der Waals surface area contributed by atoms with Gasteiger partial charge in [0.1, 0.15) is 0 Å². The Kier molecular flexibility index (Phi) is 7.35. The predicted octanol–water partition coefficient (Wildman–Crippen LogP) is 4.40. The molecule has 1 aliphatic carbocycles. The molecule has 0 radical (unpaired) electrons. The molecule has 0 aromatic carbocycles. The Hall–Kier alpha value is -1.96. The van der Waals surface area contributed by atoms with Crippen LogP contribution < -0.4 is 4.90 Å². The Bertz CT molecular complexity index is 742. The first-order valence-electron chi connectivity index (χ1n) is 8.92. The molecule has 2 rings (SSSR count). The highest BCUT2D eigenvalue weighted by molar-refractivity contribution is 7.99. The van der Waals surface area contributed by atoms with E-state index in [1.807, 2.05) is 33.0 Å². The summed E-state index contributed by atoms with van der Waals surface area (Å²) in [6.45, 7) is 9.59. The normalized spacial score (nSPS) is 18.7. The van der Waals surface area contributed by atoms with Gasteiger partial charge in [-0.2, -0.15) is 16.9 Å². The van der Waals surface area contributed by atoms with Gasteiger partial charge in [0.05, 0.1) is 17.6 Å². The van der Waals surface area contributed by atoms with Crippen LogP contribution >= 0.6 is 11.8 Å². The van der Waals surface area contributed by atoms with Crippen LogP contribution in [0.4, 0.5) is 14.5 Å². The van der Waals surface area contributed by atoms with Gasteiger partial charge in [-0.1, -0.05) is 0 Å². The summed E-state index contributed by atoms with van der Waals surface area (Å²) in [5, 5.41) is 4.47. The number of aryl methyl sites for hydroxylation is 1. The molecule has 1 aliphatic rings. The minimum Gasteiger partial charge on any atom is -0.310 e. The number of anilines is 1. The molecule has 0 N–H and O–H groups in total. The molecule has 1 unspecified atom stereocenters. The van der Waals surface area contributed by atoms with Gasteiger partial charge in [-0.05, 0) is 39.6 Å². The average Bonchev–Trinajstić information content (AvgIpc) is 3.04. The van der Waals surface area contributed by atoms with E-state index in [1.165, 1.54) is 11.8 Å². The van der Waals surface area contributed by atoms with Gasteiger partial charge in [-0.3, -0.25) is 9.79 Å². The molecule has 1 aromatic heterocycles. The molecule has 148 valence electrons. The first-order chi connectivity index (χ1) is 12.8. The van der Waals surface area contributed by atoms with Crippen LogP contribution in [0.25, 0.3) is 5.70 Å². The molecule has 27 heavy (non-hydrogen) atoms. The van der Waals surface area contributed by atoms with E-state index in [0.29, 0.717) is 24.5 Å². The van der Waals surface area contributed by atoms with E-state index in [9.17, 15) is 13.6 Å². The molecule has 0 bridgehead atoms. The summed E-state index contributed by atoms with van der Waals surface area (Å²) in [6, 6.07) is 0. The Balaban J connectivity index is 1.95. The molecule has 5 nitrogen and oxygen atoms in total. The molecular weight excluding hydrogens is 370 g/mol. The Morgan fingerprint density at radius 3 is 2.89 bits per heavy atom. The number of alkyl halides is 2. The second-order valence-electron chi connectivity index (χ2n) is 6.50. The number of aromatic nitrogens is 2. The number of carbonyl (C=O) groups excluding carboxylic acids is 1. The lowest BCUT2D eigenvalue weighted by Crippen LogP contribution is -2.31. The molecule has 1 fully saturated rings. The van der Waals surface area contributed by atoms with Crippen molar-refractivity contribution in [2.75, 3.05) is 23.0 Å². The fourth-order valence-electron chi connectivity index (χ4n) is 2.67. The van der Waals surface area contributed by atoms with Crippen LogP contribution in [0.1, 0.15) is 32.4 Å². The van der Waals surface area contributed by atoms with Crippen molar-refractivity contribution in [1.82, 2.24) is 9.78 Å². The largest absolute Gasteiger partial charge is 0.310 e. The predicted molar refractivity (Wildman–Crippen MR) is 109 cm³/mol. The second kappa shape index (κ2) is 9.30. The van der Waals surface area contributed by atoms with E-state index in [4.69, 9.17) is 0 Å². The number of rotatable bonds is 10. The molecule has 1 aromatic rings. The molecular formula is C19H26F2N4OS. The lowest BCUT2D eigenvalue weighted by atomic mass is 10.3. The zero-order chi connectivity index (χ0) is 20.0. The maximum absolute atomic E-state index is 12.9. The van der Waals surface area contributed by atoms with E-state index in [2.05, 4.69) is 16.8 Å². The van der Waals surface area contributed by atoms with Crippen molar-refractivity contribution < 1.29 is 13.6 Å². The van der Waals surface area contributed by atoms with Crippen LogP contribution in [-0.4, -0.2) is 46.4 Å². The van der Waals surface area contributed by atoms with E-state index in [1.54, 1.807) is 21.9 Å². The topological polar surface area (TPSA) is 50.5 Å². The summed E-state index contributed by atoms with van der Waals surface area (Å²) in [5.74, 6) is -2.05. The van der Waals surface area contributed by atoms with Gasteiger partial charge in [-0.25, -0.2) is 13.5 Å².